The molecule has 1 saturated carbocycles. The van der Waals surface area contributed by atoms with Crippen molar-refractivity contribution in [1.82, 2.24) is 14.7 Å². The number of aromatic nitrogens is 2. The van der Waals surface area contributed by atoms with Gasteiger partial charge in [-0.1, -0.05) is 0 Å². The van der Waals surface area contributed by atoms with Crippen molar-refractivity contribution in [2.75, 3.05) is 12.3 Å². The van der Waals surface area contributed by atoms with Gasteiger partial charge in [0.2, 0.25) is 5.91 Å². The third-order valence-electron chi connectivity index (χ3n) is 3.69. The SMILES string of the molecule is Nc1ccn(CC(=O)N2CC3CCC2C3)n1. The van der Waals surface area contributed by atoms with Gasteiger partial charge in [0, 0.05) is 18.8 Å². The molecule has 1 aromatic heterocycles. The molecule has 2 heterocycles. The second kappa shape index (κ2) is 3.50. The Morgan fingerprint density at radius 2 is 2.44 bits per heavy atom. The number of anilines is 1. The maximum Gasteiger partial charge on any atom is 0.244 e. The first kappa shape index (κ1) is 9.69. The fourth-order valence-corrected chi connectivity index (χ4v) is 2.93. The Labute approximate surface area is 94.2 Å². The second-order valence-corrected chi connectivity index (χ2v) is 4.82. The van der Waals surface area contributed by atoms with Gasteiger partial charge in [0.05, 0.1) is 0 Å². The van der Waals surface area contributed by atoms with E-state index in [9.17, 15) is 4.79 Å². The van der Waals surface area contributed by atoms with Gasteiger partial charge >= 0.3 is 0 Å². The lowest BCUT2D eigenvalue weighted by Gasteiger charge is -2.26. The molecule has 2 aliphatic rings. The Bertz CT molecular complexity index is 414. The van der Waals surface area contributed by atoms with Crippen LogP contribution in [0.25, 0.3) is 0 Å². The zero-order valence-electron chi connectivity index (χ0n) is 9.17. The van der Waals surface area contributed by atoms with Gasteiger partial charge in [0.15, 0.2) is 0 Å². The molecule has 2 atom stereocenters. The standard InChI is InChI=1S/C11H16N4O/c12-10-3-4-14(13-10)7-11(16)15-6-8-1-2-9(15)5-8/h3-4,8-9H,1-2,5-7H2,(H2,12,13). The van der Waals surface area contributed by atoms with Crippen LogP contribution in [0.5, 0.6) is 0 Å². The molecule has 1 aromatic rings. The van der Waals surface area contributed by atoms with Gasteiger partial charge < -0.3 is 10.6 Å². The van der Waals surface area contributed by atoms with Gasteiger partial charge in [-0.05, 0) is 31.2 Å². The summed E-state index contributed by atoms with van der Waals surface area (Å²) < 4.78 is 1.61. The van der Waals surface area contributed by atoms with E-state index < -0.39 is 0 Å². The fourth-order valence-electron chi connectivity index (χ4n) is 2.93. The van der Waals surface area contributed by atoms with Gasteiger partial charge in [0.25, 0.3) is 0 Å². The summed E-state index contributed by atoms with van der Waals surface area (Å²) in [4.78, 5) is 14.1. The summed E-state index contributed by atoms with van der Waals surface area (Å²) in [5, 5.41) is 4.03. The largest absolute Gasteiger partial charge is 0.382 e. The maximum absolute atomic E-state index is 12.0. The third kappa shape index (κ3) is 1.56. The zero-order chi connectivity index (χ0) is 11.1. The van der Waals surface area contributed by atoms with E-state index in [-0.39, 0.29) is 5.91 Å². The van der Waals surface area contributed by atoms with Crippen LogP contribution in [-0.2, 0) is 11.3 Å². The number of piperidine rings is 1. The van der Waals surface area contributed by atoms with Crippen molar-refractivity contribution in [3.63, 3.8) is 0 Å². The van der Waals surface area contributed by atoms with E-state index in [1.54, 1.807) is 16.9 Å². The number of hydrogen-bond donors (Lipinski definition) is 1. The molecule has 1 aliphatic carbocycles. The highest BCUT2D eigenvalue weighted by Gasteiger charge is 2.39. The topological polar surface area (TPSA) is 64.2 Å². The van der Waals surface area contributed by atoms with E-state index >= 15 is 0 Å². The minimum atomic E-state index is 0.176. The Morgan fingerprint density at radius 3 is 3.00 bits per heavy atom. The first-order chi connectivity index (χ1) is 7.72. The number of nitrogens with zero attached hydrogens (tertiary/aromatic N) is 3. The number of carbonyl (C=O) groups excluding carboxylic acids is 1. The van der Waals surface area contributed by atoms with Crippen molar-refractivity contribution in [1.29, 1.82) is 0 Å². The molecule has 2 fully saturated rings. The summed E-state index contributed by atoms with van der Waals surface area (Å²) in [6.45, 7) is 1.26. The summed E-state index contributed by atoms with van der Waals surface area (Å²) in [5.74, 6) is 1.39. The van der Waals surface area contributed by atoms with Crippen LogP contribution in [-0.4, -0.2) is 33.2 Å². The summed E-state index contributed by atoms with van der Waals surface area (Å²) >= 11 is 0. The normalized spacial score (nSPS) is 27.6. The number of likely N-dealkylation sites (tertiary alicyclic amines) is 1. The van der Waals surface area contributed by atoms with Gasteiger partial charge in [0.1, 0.15) is 12.4 Å². The van der Waals surface area contributed by atoms with Gasteiger partial charge in [-0.15, -0.1) is 0 Å². The van der Waals surface area contributed by atoms with Crippen LogP contribution in [0.1, 0.15) is 19.3 Å². The van der Waals surface area contributed by atoms with Crippen molar-refractivity contribution >= 4 is 11.7 Å². The van der Waals surface area contributed by atoms with E-state index in [1.165, 1.54) is 19.3 Å². The number of rotatable bonds is 2. The summed E-state index contributed by atoms with van der Waals surface area (Å²) in [7, 11) is 0. The van der Waals surface area contributed by atoms with Crippen LogP contribution in [0.2, 0.25) is 0 Å². The van der Waals surface area contributed by atoms with Crippen molar-refractivity contribution in [3.8, 4) is 0 Å². The Kier molecular flexibility index (Phi) is 2.12. The van der Waals surface area contributed by atoms with Crippen molar-refractivity contribution < 1.29 is 4.79 Å². The Morgan fingerprint density at radius 1 is 1.56 bits per heavy atom. The quantitative estimate of drug-likeness (QED) is 0.788. The third-order valence-corrected chi connectivity index (χ3v) is 3.69. The molecule has 2 unspecified atom stereocenters. The molecule has 2 bridgehead atoms. The minimum absolute atomic E-state index is 0.176. The van der Waals surface area contributed by atoms with E-state index in [0.717, 1.165) is 12.5 Å². The Hall–Kier alpha value is -1.52. The molecule has 2 N–H and O–H groups in total. The van der Waals surface area contributed by atoms with Crippen LogP contribution >= 0.6 is 0 Å². The molecule has 1 saturated heterocycles. The summed E-state index contributed by atoms with van der Waals surface area (Å²) in [6, 6.07) is 2.20. The average molecular weight is 220 g/mol. The van der Waals surface area contributed by atoms with Crippen LogP contribution in [0, 0.1) is 5.92 Å². The van der Waals surface area contributed by atoms with Crippen molar-refractivity contribution in [2.24, 2.45) is 5.92 Å². The first-order valence-electron chi connectivity index (χ1n) is 5.81. The molecule has 5 nitrogen and oxygen atoms in total. The van der Waals surface area contributed by atoms with E-state index in [2.05, 4.69) is 5.10 Å². The van der Waals surface area contributed by atoms with Crippen LogP contribution in [0.15, 0.2) is 12.3 Å². The minimum Gasteiger partial charge on any atom is -0.382 e. The fraction of sp³-hybridized carbons (Fsp3) is 0.636. The number of nitrogens with two attached hydrogens (primary N) is 1. The molecule has 0 radical (unpaired) electrons. The van der Waals surface area contributed by atoms with Crippen LogP contribution in [0.3, 0.4) is 0 Å². The average Bonchev–Trinajstić information content (AvgIpc) is 2.93. The molecule has 0 aromatic carbocycles. The van der Waals surface area contributed by atoms with E-state index in [4.69, 9.17) is 5.73 Å². The number of fused-ring (bicyclic) bond motifs is 2. The number of nitrogen functional groups attached to an aromatic ring is 1. The second-order valence-electron chi connectivity index (χ2n) is 4.82. The molecule has 0 spiro atoms. The van der Waals surface area contributed by atoms with Crippen LogP contribution < -0.4 is 5.73 Å². The molecule has 16 heavy (non-hydrogen) atoms. The molecule has 5 heteroatoms. The highest BCUT2D eigenvalue weighted by Crippen LogP contribution is 2.37. The lowest BCUT2D eigenvalue weighted by molar-refractivity contribution is -0.133. The predicted molar refractivity (Wildman–Crippen MR) is 59.5 cm³/mol. The molecular formula is C11H16N4O. The molecule has 1 aliphatic heterocycles. The summed E-state index contributed by atoms with van der Waals surface area (Å²) in [6.07, 6.45) is 5.43. The van der Waals surface area contributed by atoms with Crippen molar-refractivity contribution in [2.45, 2.75) is 31.8 Å². The monoisotopic (exact) mass is 220 g/mol. The number of carbonyl (C=O) groups is 1. The van der Waals surface area contributed by atoms with E-state index in [1.807, 2.05) is 4.90 Å². The van der Waals surface area contributed by atoms with Crippen molar-refractivity contribution in [3.05, 3.63) is 12.3 Å². The predicted octanol–water partition coefficient (Wildman–Crippen LogP) is 0.476. The first-order valence-corrected chi connectivity index (χ1v) is 5.81. The lowest BCUT2D eigenvalue weighted by atomic mass is 10.1. The van der Waals surface area contributed by atoms with Crippen LogP contribution in [0.4, 0.5) is 5.82 Å². The molecule has 86 valence electrons. The molecule has 3 rings (SSSR count). The zero-order valence-corrected chi connectivity index (χ0v) is 9.17. The number of hydrogen-bond acceptors (Lipinski definition) is 3. The molecule has 1 amide bonds. The van der Waals surface area contributed by atoms with Gasteiger partial charge in [-0.2, -0.15) is 5.10 Å². The maximum atomic E-state index is 12.0. The smallest absolute Gasteiger partial charge is 0.244 e. The summed E-state index contributed by atoms with van der Waals surface area (Å²) in [5.41, 5.74) is 5.51. The molecular weight excluding hydrogens is 204 g/mol. The van der Waals surface area contributed by atoms with Gasteiger partial charge in [-0.25, -0.2) is 0 Å². The lowest BCUT2D eigenvalue weighted by Crippen LogP contribution is -2.39. The Balaban J connectivity index is 1.65. The highest BCUT2D eigenvalue weighted by atomic mass is 16.2. The highest BCUT2D eigenvalue weighted by molar-refractivity contribution is 5.76. The van der Waals surface area contributed by atoms with E-state index in [0.29, 0.717) is 18.4 Å². The van der Waals surface area contributed by atoms with Gasteiger partial charge in [-0.3, -0.25) is 9.48 Å². The number of amides is 1.